The molecular formula is C13H21N2O2+. The Bertz CT molecular complexity index is 336. The molecule has 0 atom stereocenters. The molecule has 4 nitrogen and oxygen atoms in total. The smallest absolute Gasteiger partial charge is 0.226 e. The Morgan fingerprint density at radius 3 is 2.76 bits per heavy atom. The van der Waals surface area contributed by atoms with Gasteiger partial charge in [-0.05, 0) is 18.9 Å². The summed E-state index contributed by atoms with van der Waals surface area (Å²) < 4.78 is 6.92. The zero-order valence-corrected chi connectivity index (χ0v) is 10.6. The van der Waals surface area contributed by atoms with Gasteiger partial charge in [-0.2, -0.15) is 0 Å². The molecule has 0 unspecified atom stereocenters. The van der Waals surface area contributed by atoms with E-state index in [0.717, 1.165) is 13.0 Å². The predicted molar refractivity (Wildman–Crippen MR) is 65.5 cm³/mol. The highest BCUT2D eigenvalue weighted by Gasteiger charge is 2.05. The number of methoxy groups -OCH3 is 1. The molecule has 0 fully saturated rings. The molecule has 94 valence electrons. The van der Waals surface area contributed by atoms with Gasteiger partial charge in [-0.1, -0.05) is 0 Å². The third-order valence-corrected chi connectivity index (χ3v) is 2.50. The average Bonchev–Trinajstić information content (AvgIpc) is 2.34. The maximum Gasteiger partial charge on any atom is 0.226 e. The Kier molecular flexibility index (Phi) is 6.25. The van der Waals surface area contributed by atoms with E-state index in [4.69, 9.17) is 4.74 Å². The molecule has 0 spiro atoms. The lowest BCUT2D eigenvalue weighted by Gasteiger charge is -2.03. The summed E-state index contributed by atoms with van der Waals surface area (Å²) in [5.74, 6) is 0.0918. The van der Waals surface area contributed by atoms with Crippen molar-refractivity contribution in [3.63, 3.8) is 0 Å². The van der Waals surface area contributed by atoms with E-state index < -0.39 is 0 Å². The van der Waals surface area contributed by atoms with Crippen LogP contribution in [0.2, 0.25) is 0 Å². The van der Waals surface area contributed by atoms with Crippen molar-refractivity contribution in [3.05, 3.63) is 30.1 Å². The summed E-state index contributed by atoms with van der Waals surface area (Å²) in [5.41, 5.74) is 1.23. The second-order valence-corrected chi connectivity index (χ2v) is 4.06. The lowest BCUT2D eigenvalue weighted by molar-refractivity contribution is -0.695. The summed E-state index contributed by atoms with van der Waals surface area (Å²) in [6, 6.07) is 4.08. The van der Waals surface area contributed by atoms with Crippen molar-refractivity contribution in [1.82, 2.24) is 5.32 Å². The van der Waals surface area contributed by atoms with Crippen LogP contribution in [0.4, 0.5) is 0 Å². The van der Waals surface area contributed by atoms with E-state index in [0.29, 0.717) is 19.6 Å². The zero-order chi connectivity index (χ0) is 12.5. The monoisotopic (exact) mass is 237 g/mol. The molecule has 0 bridgehead atoms. The SMILES string of the molecule is COCCCNC(=O)CC[n+]1ccc(C)cc1. The van der Waals surface area contributed by atoms with Crippen molar-refractivity contribution in [3.8, 4) is 0 Å². The lowest BCUT2D eigenvalue weighted by Crippen LogP contribution is -2.36. The number of ether oxygens (including phenoxy) is 1. The number of aromatic nitrogens is 1. The number of carbonyl (C=O) groups is 1. The van der Waals surface area contributed by atoms with Gasteiger partial charge in [-0.25, -0.2) is 4.57 Å². The first-order valence-electron chi connectivity index (χ1n) is 5.93. The van der Waals surface area contributed by atoms with Crippen LogP contribution in [0.1, 0.15) is 18.4 Å². The van der Waals surface area contributed by atoms with Crippen LogP contribution in [-0.2, 0) is 16.1 Å². The van der Waals surface area contributed by atoms with E-state index in [1.165, 1.54) is 5.56 Å². The average molecular weight is 237 g/mol. The van der Waals surface area contributed by atoms with Crippen LogP contribution in [-0.4, -0.2) is 26.2 Å². The van der Waals surface area contributed by atoms with E-state index in [1.807, 2.05) is 36.0 Å². The Morgan fingerprint density at radius 1 is 1.41 bits per heavy atom. The molecule has 0 saturated heterocycles. The summed E-state index contributed by atoms with van der Waals surface area (Å²) in [6.45, 7) is 4.14. The number of amides is 1. The Balaban J connectivity index is 2.17. The molecule has 1 aromatic rings. The van der Waals surface area contributed by atoms with Crippen LogP contribution in [0.15, 0.2) is 24.5 Å². The number of aryl methyl sites for hydroxylation is 2. The molecule has 0 aliphatic heterocycles. The van der Waals surface area contributed by atoms with Crippen LogP contribution >= 0.6 is 0 Å². The molecule has 17 heavy (non-hydrogen) atoms. The summed E-state index contributed by atoms with van der Waals surface area (Å²) in [5, 5.41) is 2.87. The zero-order valence-electron chi connectivity index (χ0n) is 10.6. The van der Waals surface area contributed by atoms with Gasteiger partial charge in [0.25, 0.3) is 0 Å². The molecular weight excluding hydrogens is 216 g/mol. The fourth-order valence-corrected chi connectivity index (χ4v) is 1.44. The highest BCUT2D eigenvalue weighted by molar-refractivity contribution is 5.75. The number of pyridine rings is 1. The van der Waals surface area contributed by atoms with Crippen molar-refractivity contribution < 1.29 is 14.1 Å². The number of carbonyl (C=O) groups excluding carboxylic acids is 1. The van der Waals surface area contributed by atoms with Gasteiger partial charge in [0.2, 0.25) is 5.91 Å². The largest absolute Gasteiger partial charge is 0.385 e. The minimum atomic E-state index is 0.0918. The molecule has 0 aliphatic rings. The molecule has 0 aromatic carbocycles. The van der Waals surface area contributed by atoms with Crippen molar-refractivity contribution in [2.75, 3.05) is 20.3 Å². The van der Waals surface area contributed by atoms with Gasteiger partial charge >= 0.3 is 0 Å². The maximum absolute atomic E-state index is 11.5. The molecule has 1 heterocycles. The van der Waals surface area contributed by atoms with Crippen molar-refractivity contribution in [1.29, 1.82) is 0 Å². The van der Waals surface area contributed by atoms with Gasteiger partial charge in [0.15, 0.2) is 18.9 Å². The normalized spacial score (nSPS) is 10.2. The van der Waals surface area contributed by atoms with E-state index in [1.54, 1.807) is 7.11 Å². The van der Waals surface area contributed by atoms with E-state index in [-0.39, 0.29) is 5.91 Å². The molecule has 1 aromatic heterocycles. The lowest BCUT2D eigenvalue weighted by atomic mass is 10.3. The van der Waals surface area contributed by atoms with Gasteiger partial charge in [0, 0.05) is 32.4 Å². The van der Waals surface area contributed by atoms with E-state index >= 15 is 0 Å². The number of hydrogen-bond donors (Lipinski definition) is 1. The van der Waals surface area contributed by atoms with Gasteiger partial charge in [-0.3, -0.25) is 4.79 Å². The molecule has 0 saturated carbocycles. The number of nitrogens with zero attached hydrogens (tertiary/aromatic N) is 1. The van der Waals surface area contributed by atoms with Crippen LogP contribution in [0, 0.1) is 6.92 Å². The quantitative estimate of drug-likeness (QED) is 0.563. The first-order chi connectivity index (χ1) is 8.22. The fourth-order valence-electron chi connectivity index (χ4n) is 1.44. The van der Waals surface area contributed by atoms with Crippen LogP contribution in [0.3, 0.4) is 0 Å². The topological polar surface area (TPSA) is 42.2 Å². The van der Waals surface area contributed by atoms with E-state index in [9.17, 15) is 4.79 Å². The van der Waals surface area contributed by atoms with Gasteiger partial charge in [-0.15, -0.1) is 0 Å². The summed E-state index contributed by atoms with van der Waals surface area (Å²) in [4.78, 5) is 11.5. The molecule has 1 amide bonds. The number of rotatable bonds is 7. The van der Waals surface area contributed by atoms with Crippen molar-refractivity contribution >= 4 is 5.91 Å². The second kappa shape index (κ2) is 7.79. The van der Waals surface area contributed by atoms with E-state index in [2.05, 4.69) is 5.32 Å². The third-order valence-electron chi connectivity index (χ3n) is 2.50. The highest BCUT2D eigenvalue weighted by atomic mass is 16.5. The predicted octanol–water partition coefficient (Wildman–Crippen LogP) is 0.825. The minimum absolute atomic E-state index is 0.0918. The summed E-state index contributed by atoms with van der Waals surface area (Å²) in [7, 11) is 1.66. The van der Waals surface area contributed by atoms with Gasteiger partial charge in [0.1, 0.15) is 0 Å². The standard InChI is InChI=1S/C13H20N2O2/c1-12-4-8-15(9-5-12)10-6-13(16)14-7-3-11-17-2/h4-5,8-9H,3,6-7,10-11H2,1-2H3/p+1. The molecule has 4 heteroatoms. The van der Waals surface area contributed by atoms with Crippen molar-refractivity contribution in [2.45, 2.75) is 26.3 Å². The Morgan fingerprint density at radius 2 is 2.12 bits per heavy atom. The third kappa shape index (κ3) is 6.02. The summed E-state index contributed by atoms with van der Waals surface area (Å²) in [6.07, 6.45) is 5.36. The number of hydrogen-bond acceptors (Lipinski definition) is 2. The van der Waals surface area contributed by atoms with Crippen molar-refractivity contribution in [2.24, 2.45) is 0 Å². The molecule has 0 radical (unpaired) electrons. The maximum atomic E-state index is 11.5. The summed E-state index contributed by atoms with van der Waals surface area (Å²) >= 11 is 0. The fraction of sp³-hybridized carbons (Fsp3) is 0.538. The molecule has 1 rings (SSSR count). The van der Waals surface area contributed by atoms with Crippen LogP contribution < -0.4 is 9.88 Å². The first-order valence-corrected chi connectivity index (χ1v) is 5.93. The van der Waals surface area contributed by atoms with Gasteiger partial charge < -0.3 is 10.1 Å². The van der Waals surface area contributed by atoms with Gasteiger partial charge in [0.05, 0.1) is 6.42 Å². The van der Waals surface area contributed by atoms with Crippen LogP contribution in [0.5, 0.6) is 0 Å². The molecule has 1 N–H and O–H groups in total. The van der Waals surface area contributed by atoms with Crippen LogP contribution in [0.25, 0.3) is 0 Å². The first kappa shape index (κ1) is 13.6. The minimum Gasteiger partial charge on any atom is -0.385 e. The Hall–Kier alpha value is -1.42. The second-order valence-electron chi connectivity index (χ2n) is 4.06. The number of nitrogens with one attached hydrogen (secondary N) is 1. The highest BCUT2D eigenvalue weighted by Crippen LogP contribution is 1.90. The Labute approximate surface area is 103 Å². The molecule has 0 aliphatic carbocycles.